The van der Waals surface area contributed by atoms with E-state index < -0.39 is 0 Å². The molecule has 4 nitrogen and oxygen atoms in total. The summed E-state index contributed by atoms with van der Waals surface area (Å²) in [6.07, 6.45) is 3.37. The van der Waals surface area contributed by atoms with Crippen molar-refractivity contribution < 1.29 is 0 Å². The fraction of sp³-hybridized carbons (Fsp3) is 0.231. The summed E-state index contributed by atoms with van der Waals surface area (Å²) in [7, 11) is 2.12. The summed E-state index contributed by atoms with van der Waals surface area (Å²) in [5.74, 6) is 0.922. The first-order valence-corrected chi connectivity index (χ1v) is 6.60. The smallest absolute Gasteiger partial charge is 0.150 e. The molecule has 0 spiro atoms. The van der Waals surface area contributed by atoms with Crippen LogP contribution in [0.25, 0.3) is 0 Å². The molecule has 3 rings (SSSR count). The van der Waals surface area contributed by atoms with Crippen molar-refractivity contribution in [3.63, 3.8) is 0 Å². The van der Waals surface area contributed by atoms with Crippen molar-refractivity contribution >= 4 is 33.1 Å². The highest BCUT2D eigenvalue weighted by atomic mass is 79.9. The molecule has 0 bridgehead atoms. The van der Waals surface area contributed by atoms with Gasteiger partial charge in [0.15, 0.2) is 5.82 Å². The standard InChI is InChI=1S/C13H13BrN4/c1-17-6-7-18(12-5-3-2-4-11(12)17)13-10(14)8-15-9-16-13/h2-5,8-9H,6-7H2,1H3. The minimum absolute atomic E-state index is 0.920. The lowest BCUT2D eigenvalue weighted by atomic mass is 10.2. The van der Waals surface area contributed by atoms with E-state index in [-0.39, 0.29) is 0 Å². The number of fused-ring (bicyclic) bond motifs is 1. The molecule has 1 aromatic heterocycles. The lowest BCUT2D eigenvalue weighted by Gasteiger charge is -2.36. The van der Waals surface area contributed by atoms with E-state index in [0.717, 1.165) is 23.4 Å². The van der Waals surface area contributed by atoms with Gasteiger partial charge in [-0.15, -0.1) is 0 Å². The second kappa shape index (κ2) is 4.57. The Morgan fingerprint density at radius 2 is 1.94 bits per heavy atom. The first-order valence-electron chi connectivity index (χ1n) is 5.80. The van der Waals surface area contributed by atoms with Crippen molar-refractivity contribution in [2.75, 3.05) is 29.9 Å². The van der Waals surface area contributed by atoms with Gasteiger partial charge < -0.3 is 9.80 Å². The Bertz CT molecular complexity index is 572. The van der Waals surface area contributed by atoms with Crippen LogP contribution in [0.2, 0.25) is 0 Å². The van der Waals surface area contributed by atoms with Crippen molar-refractivity contribution in [3.05, 3.63) is 41.3 Å². The predicted molar refractivity (Wildman–Crippen MR) is 76.5 cm³/mol. The van der Waals surface area contributed by atoms with E-state index in [1.165, 1.54) is 11.4 Å². The molecule has 0 radical (unpaired) electrons. The van der Waals surface area contributed by atoms with Gasteiger partial charge in [0.25, 0.3) is 0 Å². The van der Waals surface area contributed by atoms with Crippen molar-refractivity contribution in [1.82, 2.24) is 9.97 Å². The molecule has 0 saturated carbocycles. The zero-order valence-electron chi connectivity index (χ0n) is 10.0. The zero-order valence-corrected chi connectivity index (χ0v) is 11.6. The molecule has 0 aliphatic carbocycles. The van der Waals surface area contributed by atoms with Crippen molar-refractivity contribution in [2.24, 2.45) is 0 Å². The van der Waals surface area contributed by atoms with Crippen molar-refractivity contribution in [3.8, 4) is 0 Å². The topological polar surface area (TPSA) is 32.3 Å². The molecule has 0 amide bonds. The van der Waals surface area contributed by atoms with Gasteiger partial charge in [-0.3, -0.25) is 0 Å². The minimum atomic E-state index is 0.920. The van der Waals surface area contributed by atoms with Gasteiger partial charge in [-0.25, -0.2) is 9.97 Å². The highest BCUT2D eigenvalue weighted by molar-refractivity contribution is 9.10. The Labute approximate surface area is 114 Å². The second-order valence-electron chi connectivity index (χ2n) is 4.26. The van der Waals surface area contributed by atoms with E-state index in [1.807, 2.05) is 0 Å². The van der Waals surface area contributed by atoms with Crippen LogP contribution in [0.15, 0.2) is 41.3 Å². The Morgan fingerprint density at radius 3 is 2.72 bits per heavy atom. The van der Waals surface area contributed by atoms with Gasteiger partial charge >= 0.3 is 0 Å². The molecular formula is C13H13BrN4. The molecule has 0 N–H and O–H groups in total. The summed E-state index contributed by atoms with van der Waals surface area (Å²) in [5, 5.41) is 0. The summed E-state index contributed by atoms with van der Waals surface area (Å²) < 4.78 is 0.921. The predicted octanol–water partition coefficient (Wildman–Crippen LogP) is 2.83. The average Bonchev–Trinajstić information content (AvgIpc) is 2.41. The summed E-state index contributed by atoms with van der Waals surface area (Å²) >= 11 is 3.52. The SMILES string of the molecule is CN1CCN(c2ncncc2Br)c2ccccc21. The maximum atomic E-state index is 4.38. The monoisotopic (exact) mass is 304 g/mol. The number of hydrogen-bond donors (Lipinski definition) is 0. The molecule has 1 aromatic carbocycles. The molecular weight excluding hydrogens is 292 g/mol. The molecule has 5 heteroatoms. The number of hydrogen-bond acceptors (Lipinski definition) is 4. The zero-order chi connectivity index (χ0) is 12.5. The molecule has 0 fully saturated rings. The number of rotatable bonds is 1. The van der Waals surface area contributed by atoms with Crippen LogP contribution < -0.4 is 9.80 Å². The lowest BCUT2D eigenvalue weighted by molar-refractivity contribution is 0.809. The van der Waals surface area contributed by atoms with E-state index in [9.17, 15) is 0 Å². The van der Waals surface area contributed by atoms with Crippen LogP contribution in [-0.4, -0.2) is 30.1 Å². The third-order valence-corrected chi connectivity index (χ3v) is 3.71. The van der Waals surface area contributed by atoms with Gasteiger partial charge in [-0.05, 0) is 28.1 Å². The van der Waals surface area contributed by atoms with Gasteiger partial charge in [0.1, 0.15) is 6.33 Å². The maximum absolute atomic E-state index is 4.38. The summed E-state index contributed by atoms with van der Waals surface area (Å²) in [6.45, 7) is 1.90. The molecule has 1 aliphatic heterocycles. The Morgan fingerprint density at radius 1 is 1.17 bits per heavy atom. The van der Waals surface area contributed by atoms with Crippen LogP contribution in [0.1, 0.15) is 0 Å². The van der Waals surface area contributed by atoms with Crippen LogP contribution in [0.3, 0.4) is 0 Å². The van der Waals surface area contributed by atoms with Crippen molar-refractivity contribution in [1.29, 1.82) is 0 Å². The first kappa shape index (κ1) is 11.5. The van der Waals surface area contributed by atoms with E-state index in [2.05, 4.69) is 67.0 Å². The van der Waals surface area contributed by atoms with Gasteiger partial charge in [0, 0.05) is 26.3 Å². The summed E-state index contributed by atoms with van der Waals surface area (Å²) in [6, 6.07) is 8.38. The van der Waals surface area contributed by atoms with E-state index in [0.29, 0.717) is 0 Å². The Hall–Kier alpha value is -1.62. The summed E-state index contributed by atoms with van der Waals surface area (Å²) in [4.78, 5) is 12.9. The molecule has 1 aliphatic rings. The maximum Gasteiger partial charge on any atom is 0.150 e. The van der Waals surface area contributed by atoms with Gasteiger partial charge in [-0.2, -0.15) is 0 Å². The number of anilines is 3. The van der Waals surface area contributed by atoms with Gasteiger partial charge in [-0.1, -0.05) is 12.1 Å². The van der Waals surface area contributed by atoms with E-state index in [1.54, 1.807) is 12.5 Å². The molecule has 2 heterocycles. The number of likely N-dealkylation sites (N-methyl/N-ethyl adjacent to an activating group) is 1. The number of nitrogens with zero attached hydrogens (tertiary/aromatic N) is 4. The van der Waals surface area contributed by atoms with E-state index >= 15 is 0 Å². The van der Waals surface area contributed by atoms with Gasteiger partial charge in [0.05, 0.1) is 15.8 Å². The largest absolute Gasteiger partial charge is 0.371 e. The van der Waals surface area contributed by atoms with Crippen LogP contribution in [0.5, 0.6) is 0 Å². The Kier molecular flexibility index (Phi) is 2.91. The third-order valence-electron chi connectivity index (χ3n) is 3.15. The summed E-state index contributed by atoms with van der Waals surface area (Å²) in [5.41, 5.74) is 2.42. The number of benzene rings is 1. The first-order chi connectivity index (χ1) is 8.77. The van der Waals surface area contributed by atoms with Crippen LogP contribution in [0.4, 0.5) is 17.2 Å². The number of halogens is 1. The van der Waals surface area contributed by atoms with E-state index in [4.69, 9.17) is 0 Å². The van der Waals surface area contributed by atoms with Gasteiger partial charge in [0.2, 0.25) is 0 Å². The highest BCUT2D eigenvalue weighted by Gasteiger charge is 2.23. The normalized spacial score (nSPS) is 14.6. The quantitative estimate of drug-likeness (QED) is 0.811. The lowest BCUT2D eigenvalue weighted by Crippen LogP contribution is -2.36. The van der Waals surface area contributed by atoms with Crippen LogP contribution >= 0.6 is 15.9 Å². The fourth-order valence-electron chi connectivity index (χ4n) is 2.23. The minimum Gasteiger partial charge on any atom is -0.371 e. The molecule has 0 saturated heterocycles. The molecule has 0 atom stereocenters. The second-order valence-corrected chi connectivity index (χ2v) is 5.11. The third kappa shape index (κ3) is 1.84. The Balaban J connectivity index is 2.11. The number of aromatic nitrogens is 2. The van der Waals surface area contributed by atoms with Crippen LogP contribution in [-0.2, 0) is 0 Å². The molecule has 92 valence electrons. The van der Waals surface area contributed by atoms with Crippen molar-refractivity contribution in [2.45, 2.75) is 0 Å². The molecule has 2 aromatic rings. The molecule has 18 heavy (non-hydrogen) atoms. The van der Waals surface area contributed by atoms with Crippen LogP contribution in [0, 0.1) is 0 Å². The highest BCUT2D eigenvalue weighted by Crippen LogP contribution is 2.37. The average molecular weight is 305 g/mol. The molecule has 0 unspecified atom stereocenters. The number of para-hydroxylation sites is 2. The fourth-order valence-corrected chi connectivity index (χ4v) is 2.67.